The maximum Gasteiger partial charge on any atom is 0.417 e. The second-order valence-electron chi connectivity index (χ2n) is 8.95. The molecule has 0 aromatic heterocycles. The Labute approximate surface area is 184 Å². The molecule has 0 aliphatic heterocycles. The van der Waals surface area contributed by atoms with Crippen LogP contribution in [0.15, 0.2) is 65.7 Å². The predicted molar refractivity (Wildman–Crippen MR) is 121 cm³/mol. The van der Waals surface area contributed by atoms with Crippen molar-refractivity contribution in [3.05, 3.63) is 66.2 Å². The number of carbonyl (C=O) groups excluding carboxylic acids is 2. The maximum absolute atomic E-state index is 13.1. The number of aliphatic imine (C=N–C) groups is 1. The summed E-state index contributed by atoms with van der Waals surface area (Å²) in [4.78, 5) is 31.4. The highest BCUT2D eigenvalue weighted by Crippen LogP contribution is 2.17. The highest BCUT2D eigenvalue weighted by Gasteiger charge is 2.29. The molecule has 7 nitrogen and oxygen atoms in total. The van der Waals surface area contributed by atoms with Gasteiger partial charge in [0.1, 0.15) is 11.2 Å². The molecule has 0 radical (unpaired) electrons. The van der Waals surface area contributed by atoms with Crippen molar-refractivity contribution in [2.75, 3.05) is 0 Å². The lowest BCUT2D eigenvalue weighted by Gasteiger charge is -2.29. The number of para-hydroxylation sites is 1. The molecule has 2 amide bonds. The second-order valence-corrected chi connectivity index (χ2v) is 8.95. The van der Waals surface area contributed by atoms with Crippen molar-refractivity contribution >= 4 is 23.8 Å². The smallest absolute Gasteiger partial charge is 0.417 e. The van der Waals surface area contributed by atoms with Crippen LogP contribution >= 0.6 is 0 Å². The Kier molecular flexibility index (Phi) is 7.80. The zero-order valence-electron chi connectivity index (χ0n) is 19.0. The zero-order chi connectivity index (χ0) is 23.1. The first-order valence-electron chi connectivity index (χ1n) is 10.1. The van der Waals surface area contributed by atoms with E-state index in [1.54, 1.807) is 53.7 Å². The summed E-state index contributed by atoms with van der Waals surface area (Å²) in [7, 11) is 0. The van der Waals surface area contributed by atoms with Crippen LogP contribution in [0.25, 0.3) is 0 Å². The van der Waals surface area contributed by atoms with Gasteiger partial charge >= 0.3 is 12.2 Å². The Morgan fingerprint density at radius 1 is 0.839 bits per heavy atom. The summed E-state index contributed by atoms with van der Waals surface area (Å²) in [6.45, 7) is 10.8. The van der Waals surface area contributed by atoms with Crippen LogP contribution in [0.4, 0.5) is 15.3 Å². The highest BCUT2D eigenvalue weighted by molar-refractivity contribution is 6.02. The monoisotopic (exact) mass is 425 g/mol. The Balaban J connectivity index is 2.46. The number of amides is 2. The van der Waals surface area contributed by atoms with Gasteiger partial charge in [0.2, 0.25) is 5.96 Å². The Hall–Kier alpha value is -3.35. The third-order valence-corrected chi connectivity index (χ3v) is 3.66. The number of alkyl carbamates (subject to hydrolysis) is 1. The molecule has 0 saturated heterocycles. The van der Waals surface area contributed by atoms with Gasteiger partial charge in [0.15, 0.2) is 0 Å². The van der Waals surface area contributed by atoms with Gasteiger partial charge in [0.25, 0.3) is 0 Å². The Morgan fingerprint density at radius 3 is 1.87 bits per heavy atom. The fourth-order valence-corrected chi connectivity index (χ4v) is 2.48. The first-order valence-corrected chi connectivity index (χ1v) is 10.1. The third kappa shape index (κ3) is 8.90. The number of hydrogen-bond acceptors (Lipinski definition) is 5. The molecule has 0 aliphatic carbocycles. The lowest BCUT2D eigenvalue weighted by Crippen LogP contribution is -2.49. The van der Waals surface area contributed by atoms with Gasteiger partial charge in [0, 0.05) is 0 Å². The van der Waals surface area contributed by atoms with Gasteiger partial charge < -0.3 is 9.47 Å². The van der Waals surface area contributed by atoms with Crippen molar-refractivity contribution in [3.8, 4) is 0 Å². The summed E-state index contributed by atoms with van der Waals surface area (Å²) < 4.78 is 11.0. The largest absolute Gasteiger partial charge is 0.444 e. The number of hydrogen-bond donors (Lipinski definition) is 1. The van der Waals surface area contributed by atoms with Gasteiger partial charge in [-0.2, -0.15) is 0 Å². The van der Waals surface area contributed by atoms with E-state index in [1.807, 2.05) is 48.5 Å². The normalized spacial score (nSPS) is 12.1. The van der Waals surface area contributed by atoms with E-state index in [9.17, 15) is 9.59 Å². The molecular weight excluding hydrogens is 394 g/mol. The number of carbonyl (C=O) groups is 2. The molecule has 0 fully saturated rings. The summed E-state index contributed by atoms with van der Waals surface area (Å²) in [6.07, 6.45) is -1.36. The molecule has 1 N–H and O–H groups in total. The molecular formula is C24H31N3O4. The first kappa shape index (κ1) is 23.9. The van der Waals surface area contributed by atoms with E-state index < -0.39 is 23.4 Å². The molecule has 0 atom stereocenters. The fourth-order valence-electron chi connectivity index (χ4n) is 2.48. The quantitative estimate of drug-likeness (QED) is 0.510. The van der Waals surface area contributed by atoms with Gasteiger partial charge in [-0.15, -0.1) is 0 Å². The molecule has 0 saturated carbocycles. The standard InChI is InChI=1S/C24H31N3O4/c1-23(2,3)30-21(28)26-20(25-19-15-11-8-12-16-19)27(22(29)31-24(4,5)6)17-18-13-9-7-10-14-18/h7-16H,17H2,1-6H3,(H,25,26,28). The van der Waals surface area contributed by atoms with Crippen molar-refractivity contribution in [2.45, 2.75) is 59.3 Å². The van der Waals surface area contributed by atoms with Crippen molar-refractivity contribution in [1.29, 1.82) is 0 Å². The van der Waals surface area contributed by atoms with E-state index in [0.717, 1.165) is 5.56 Å². The highest BCUT2D eigenvalue weighted by atomic mass is 16.6. The number of benzene rings is 2. The Morgan fingerprint density at radius 2 is 1.35 bits per heavy atom. The van der Waals surface area contributed by atoms with E-state index >= 15 is 0 Å². The van der Waals surface area contributed by atoms with Crippen molar-refractivity contribution in [3.63, 3.8) is 0 Å². The van der Waals surface area contributed by atoms with Crippen molar-refractivity contribution < 1.29 is 19.1 Å². The Bertz CT molecular complexity index is 898. The number of guanidine groups is 1. The molecule has 0 heterocycles. The SMILES string of the molecule is CC(C)(C)OC(=O)NC(=Nc1ccccc1)N(Cc1ccccc1)C(=O)OC(C)(C)C. The molecule has 166 valence electrons. The van der Waals surface area contributed by atoms with E-state index in [1.165, 1.54) is 4.90 Å². The molecule has 0 spiro atoms. The maximum atomic E-state index is 13.1. The van der Waals surface area contributed by atoms with Crippen LogP contribution in [-0.2, 0) is 16.0 Å². The predicted octanol–water partition coefficient (Wildman–Crippen LogP) is 5.64. The van der Waals surface area contributed by atoms with Gasteiger partial charge in [-0.05, 0) is 59.2 Å². The van der Waals surface area contributed by atoms with E-state index in [0.29, 0.717) is 5.69 Å². The summed E-state index contributed by atoms with van der Waals surface area (Å²) in [5, 5.41) is 2.62. The molecule has 31 heavy (non-hydrogen) atoms. The average Bonchev–Trinajstić information content (AvgIpc) is 2.64. The van der Waals surface area contributed by atoms with Crippen LogP contribution in [0.1, 0.15) is 47.1 Å². The zero-order valence-corrected chi connectivity index (χ0v) is 19.0. The van der Waals surface area contributed by atoms with Gasteiger partial charge in [-0.3, -0.25) is 5.32 Å². The summed E-state index contributed by atoms with van der Waals surface area (Å²) in [6, 6.07) is 18.4. The van der Waals surface area contributed by atoms with Crippen molar-refractivity contribution in [2.24, 2.45) is 4.99 Å². The topological polar surface area (TPSA) is 80.2 Å². The molecule has 7 heteroatoms. The van der Waals surface area contributed by atoms with Gasteiger partial charge in [-0.25, -0.2) is 19.5 Å². The summed E-state index contributed by atoms with van der Waals surface area (Å²) in [5.74, 6) is 0.0125. The van der Waals surface area contributed by atoms with Crippen LogP contribution < -0.4 is 5.32 Å². The lowest BCUT2D eigenvalue weighted by atomic mass is 10.2. The first-order chi connectivity index (χ1) is 14.4. The van der Waals surface area contributed by atoms with Crippen LogP contribution in [-0.4, -0.2) is 34.2 Å². The van der Waals surface area contributed by atoms with Crippen LogP contribution in [0.2, 0.25) is 0 Å². The molecule has 0 aliphatic rings. The van der Waals surface area contributed by atoms with Crippen LogP contribution in [0.5, 0.6) is 0 Å². The van der Waals surface area contributed by atoms with Crippen LogP contribution in [0, 0.1) is 0 Å². The minimum atomic E-state index is -0.726. The van der Waals surface area contributed by atoms with E-state index in [2.05, 4.69) is 10.3 Å². The summed E-state index contributed by atoms with van der Waals surface area (Å²) in [5.41, 5.74) is -0.0243. The van der Waals surface area contributed by atoms with Crippen LogP contribution in [0.3, 0.4) is 0 Å². The minimum Gasteiger partial charge on any atom is -0.444 e. The minimum absolute atomic E-state index is 0.0125. The van der Waals surface area contributed by atoms with Gasteiger partial charge in [0.05, 0.1) is 12.2 Å². The number of nitrogens with one attached hydrogen (secondary N) is 1. The van der Waals surface area contributed by atoms with E-state index in [4.69, 9.17) is 9.47 Å². The van der Waals surface area contributed by atoms with Crippen molar-refractivity contribution in [1.82, 2.24) is 10.2 Å². The molecule has 2 aromatic rings. The lowest BCUT2D eigenvalue weighted by molar-refractivity contribution is 0.0348. The fraction of sp³-hybridized carbons (Fsp3) is 0.375. The third-order valence-electron chi connectivity index (χ3n) is 3.66. The molecule has 2 rings (SSSR count). The number of nitrogens with zero attached hydrogens (tertiary/aromatic N) is 2. The number of rotatable bonds is 3. The molecule has 0 unspecified atom stereocenters. The van der Waals surface area contributed by atoms with E-state index in [-0.39, 0.29) is 12.5 Å². The molecule has 2 aromatic carbocycles. The van der Waals surface area contributed by atoms with Gasteiger partial charge in [-0.1, -0.05) is 48.5 Å². The molecule has 0 bridgehead atoms. The summed E-state index contributed by atoms with van der Waals surface area (Å²) >= 11 is 0. The number of ether oxygens (including phenoxy) is 2. The average molecular weight is 426 g/mol. The second kappa shape index (κ2) is 10.1.